The maximum absolute atomic E-state index is 12.5. The van der Waals surface area contributed by atoms with Gasteiger partial charge in [0.1, 0.15) is 11.9 Å². The minimum Gasteiger partial charge on any atom is -0.465 e. The number of amidine groups is 1. The molecule has 0 radical (unpaired) electrons. The lowest BCUT2D eigenvalue weighted by Gasteiger charge is -2.09. The monoisotopic (exact) mass is 447 g/mol. The molecule has 1 aromatic carbocycles. The smallest absolute Gasteiger partial charge is 0.339 e. The number of ketones is 1. The van der Waals surface area contributed by atoms with Crippen molar-refractivity contribution in [2.45, 2.75) is 31.7 Å². The van der Waals surface area contributed by atoms with Crippen LogP contribution in [0.4, 0.5) is 0 Å². The van der Waals surface area contributed by atoms with Crippen LogP contribution in [0.2, 0.25) is 0 Å². The highest BCUT2D eigenvalue weighted by Crippen LogP contribution is 2.23. The normalized spacial score (nSPS) is 16.3. The Bertz CT molecular complexity index is 1210. The van der Waals surface area contributed by atoms with E-state index >= 15 is 0 Å². The van der Waals surface area contributed by atoms with E-state index < -0.39 is 40.4 Å². The number of methoxy groups -OCH3 is 1. The lowest BCUT2D eigenvalue weighted by molar-refractivity contribution is -0.143. The predicted molar refractivity (Wildman–Crippen MR) is 110 cm³/mol. The summed E-state index contributed by atoms with van der Waals surface area (Å²) in [5.74, 6) is -1.88. The number of nitrogens with one attached hydrogen (secondary N) is 2. The van der Waals surface area contributed by atoms with E-state index in [9.17, 15) is 22.8 Å². The SMILES string of the molecule is COC(=O)c1c(C)[nH]c(C(=O)COC(=O)[C@H](C)N=C2NS(=O)(=O)c3ccccc32)c1C. The van der Waals surface area contributed by atoms with Gasteiger partial charge < -0.3 is 14.5 Å². The third-order valence-electron chi connectivity index (χ3n) is 4.78. The van der Waals surface area contributed by atoms with Gasteiger partial charge in [-0.3, -0.25) is 14.5 Å². The van der Waals surface area contributed by atoms with Crippen LogP contribution in [-0.2, 0) is 24.3 Å². The van der Waals surface area contributed by atoms with Gasteiger partial charge in [-0.2, -0.15) is 0 Å². The Labute approximate surface area is 178 Å². The molecule has 0 bridgehead atoms. The molecule has 1 aromatic heterocycles. The summed E-state index contributed by atoms with van der Waals surface area (Å²) < 4.78 is 36.3. The molecule has 164 valence electrons. The largest absolute Gasteiger partial charge is 0.465 e. The first-order valence-electron chi connectivity index (χ1n) is 9.24. The van der Waals surface area contributed by atoms with E-state index in [1.807, 2.05) is 0 Å². The summed E-state index contributed by atoms with van der Waals surface area (Å²) in [5, 5.41) is 0. The second-order valence-electron chi connectivity index (χ2n) is 6.90. The predicted octanol–water partition coefficient (Wildman–Crippen LogP) is 1.27. The molecule has 0 amide bonds. The molecule has 1 atom stereocenters. The summed E-state index contributed by atoms with van der Waals surface area (Å²) >= 11 is 0. The summed E-state index contributed by atoms with van der Waals surface area (Å²) in [7, 11) is -2.49. The number of aliphatic imine (C=N–C) groups is 1. The van der Waals surface area contributed by atoms with Crippen molar-refractivity contribution in [1.29, 1.82) is 0 Å². The molecule has 0 aliphatic carbocycles. The summed E-state index contributed by atoms with van der Waals surface area (Å²) in [6, 6.07) is 5.18. The Morgan fingerprint density at radius 1 is 1.16 bits per heavy atom. The quantitative estimate of drug-likeness (QED) is 0.501. The first-order valence-corrected chi connectivity index (χ1v) is 10.7. The van der Waals surface area contributed by atoms with Crippen molar-refractivity contribution in [1.82, 2.24) is 9.71 Å². The number of fused-ring (bicyclic) bond motifs is 1. The second kappa shape index (κ2) is 8.34. The van der Waals surface area contributed by atoms with Crippen molar-refractivity contribution in [3.05, 3.63) is 52.3 Å². The van der Waals surface area contributed by atoms with Crippen molar-refractivity contribution in [2.75, 3.05) is 13.7 Å². The number of aromatic amines is 1. The number of carbonyl (C=O) groups is 3. The van der Waals surface area contributed by atoms with E-state index in [4.69, 9.17) is 9.47 Å². The molecule has 2 aromatic rings. The van der Waals surface area contributed by atoms with E-state index in [2.05, 4.69) is 14.7 Å². The molecule has 0 spiro atoms. The number of carbonyl (C=O) groups excluding carboxylic acids is 3. The number of benzene rings is 1. The van der Waals surface area contributed by atoms with Crippen LogP contribution in [0.15, 0.2) is 34.2 Å². The maximum atomic E-state index is 12.5. The Morgan fingerprint density at radius 3 is 2.52 bits per heavy atom. The number of aryl methyl sites for hydroxylation is 1. The van der Waals surface area contributed by atoms with Crippen LogP contribution in [0.3, 0.4) is 0 Å². The van der Waals surface area contributed by atoms with E-state index in [0.29, 0.717) is 16.8 Å². The molecule has 2 N–H and O–H groups in total. The van der Waals surface area contributed by atoms with Crippen LogP contribution in [0.5, 0.6) is 0 Å². The van der Waals surface area contributed by atoms with E-state index in [0.717, 1.165) is 0 Å². The molecule has 3 rings (SSSR count). The highest BCUT2D eigenvalue weighted by Gasteiger charge is 2.31. The van der Waals surface area contributed by atoms with Crippen LogP contribution >= 0.6 is 0 Å². The summed E-state index contributed by atoms with van der Waals surface area (Å²) in [4.78, 5) is 43.6. The van der Waals surface area contributed by atoms with Gasteiger partial charge in [0.05, 0.1) is 23.3 Å². The topological polar surface area (TPSA) is 144 Å². The standard InChI is InChI=1S/C20H21N3O7S/c1-10-16(20(26)29-4)11(2)21-17(10)14(24)9-30-19(25)12(3)22-18-13-7-5-6-8-15(13)31(27,28)23-18/h5-8,12,21H,9H2,1-4H3,(H,22,23)/t12-/m0/s1. The van der Waals surface area contributed by atoms with Gasteiger partial charge >= 0.3 is 11.9 Å². The number of H-pyrrole nitrogens is 1. The van der Waals surface area contributed by atoms with E-state index in [1.54, 1.807) is 32.0 Å². The summed E-state index contributed by atoms with van der Waals surface area (Å²) in [5.41, 5.74) is 1.61. The van der Waals surface area contributed by atoms with Crippen LogP contribution in [0, 0.1) is 13.8 Å². The molecule has 1 aliphatic rings. The van der Waals surface area contributed by atoms with E-state index in [-0.39, 0.29) is 22.0 Å². The van der Waals surface area contributed by atoms with Gasteiger partial charge in [0.2, 0.25) is 5.78 Å². The van der Waals surface area contributed by atoms with Crippen molar-refractivity contribution < 1.29 is 32.3 Å². The molecule has 1 aliphatic heterocycles. The molecular weight excluding hydrogens is 426 g/mol. The number of hydrogen-bond acceptors (Lipinski definition) is 8. The molecule has 0 saturated heterocycles. The lowest BCUT2D eigenvalue weighted by atomic mass is 10.1. The molecule has 0 saturated carbocycles. The first-order chi connectivity index (χ1) is 14.6. The van der Waals surface area contributed by atoms with Crippen molar-refractivity contribution in [2.24, 2.45) is 4.99 Å². The van der Waals surface area contributed by atoms with Crippen molar-refractivity contribution >= 4 is 33.6 Å². The summed E-state index contributed by atoms with van der Waals surface area (Å²) in [6.07, 6.45) is 0. The van der Waals surface area contributed by atoms with E-state index in [1.165, 1.54) is 20.1 Å². The van der Waals surface area contributed by atoms with Crippen LogP contribution < -0.4 is 4.72 Å². The maximum Gasteiger partial charge on any atom is 0.339 e. The van der Waals surface area contributed by atoms with Gasteiger partial charge in [-0.25, -0.2) is 18.0 Å². The Balaban J connectivity index is 1.70. The molecule has 31 heavy (non-hydrogen) atoms. The average molecular weight is 447 g/mol. The van der Waals surface area contributed by atoms with Gasteiger partial charge in [-0.05, 0) is 38.5 Å². The van der Waals surface area contributed by atoms with Crippen LogP contribution in [0.1, 0.15) is 44.6 Å². The molecule has 10 nitrogen and oxygen atoms in total. The number of esters is 2. The zero-order valence-corrected chi connectivity index (χ0v) is 18.1. The number of nitrogens with zero attached hydrogens (tertiary/aromatic N) is 1. The zero-order valence-electron chi connectivity index (χ0n) is 17.3. The minimum absolute atomic E-state index is 0.0323. The number of rotatable bonds is 6. The van der Waals surface area contributed by atoms with Crippen molar-refractivity contribution in [3.63, 3.8) is 0 Å². The average Bonchev–Trinajstić information content (AvgIpc) is 3.17. The Morgan fingerprint density at radius 2 is 1.84 bits per heavy atom. The third kappa shape index (κ3) is 4.22. The number of hydrogen-bond donors (Lipinski definition) is 2. The van der Waals surface area contributed by atoms with Gasteiger partial charge in [0, 0.05) is 11.3 Å². The Hall–Kier alpha value is -3.47. The molecule has 0 fully saturated rings. The molecule has 2 heterocycles. The van der Waals surface area contributed by atoms with Gasteiger partial charge in [-0.15, -0.1) is 0 Å². The van der Waals surface area contributed by atoms with Crippen molar-refractivity contribution in [3.8, 4) is 0 Å². The molecular formula is C20H21N3O7S. The number of ether oxygens (including phenoxy) is 2. The first kappa shape index (κ1) is 22.2. The molecule has 0 unspecified atom stereocenters. The number of aromatic nitrogens is 1. The third-order valence-corrected chi connectivity index (χ3v) is 6.18. The second-order valence-corrected chi connectivity index (χ2v) is 8.55. The Kier molecular flexibility index (Phi) is 5.98. The number of sulfonamides is 1. The highest BCUT2D eigenvalue weighted by molar-refractivity contribution is 7.90. The van der Waals surface area contributed by atoms with Crippen LogP contribution in [0.25, 0.3) is 0 Å². The van der Waals surface area contributed by atoms with Gasteiger partial charge in [-0.1, -0.05) is 12.1 Å². The lowest BCUT2D eigenvalue weighted by Crippen LogP contribution is -2.27. The zero-order chi connectivity index (χ0) is 22.9. The highest BCUT2D eigenvalue weighted by atomic mass is 32.2. The van der Waals surface area contributed by atoms with Gasteiger partial charge in [0.25, 0.3) is 10.0 Å². The fourth-order valence-electron chi connectivity index (χ4n) is 3.24. The summed E-state index contributed by atoms with van der Waals surface area (Å²) in [6.45, 7) is 4.07. The number of Topliss-reactive ketones (excluding diaryl/α,β-unsaturated/α-hetero) is 1. The fourth-order valence-corrected chi connectivity index (χ4v) is 4.48. The molecule has 11 heteroatoms. The van der Waals surface area contributed by atoms with Crippen LogP contribution in [-0.4, -0.2) is 56.7 Å². The minimum atomic E-state index is -3.73. The fraction of sp³-hybridized carbons (Fsp3) is 0.300. The van der Waals surface area contributed by atoms with Gasteiger partial charge in [0.15, 0.2) is 6.61 Å².